The Morgan fingerprint density at radius 3 is 2.00 bits per heavy atom. The lowest BCUT2D eigenvalue weighted by Gasteiger charge is -2.23. The molecule has 0 aromatic heterocycles. The number of halogens is 2. The van der Waals surface area contributed by atoms with Gasteiger partial charge in [0.05, 0.1) is 6.21 Å². The van der Waals surface area contributed by atoms with Crippen molar-refractivity contribution in [3.63, 3.8) is 0 Å². The van der Waals surface area contributed by atoms with Gasteiger partial charge in [0, 0.05) is 25.3 Å². The van der Waals surface area contributed by atoms with Gasteiger partial charge in [0.2, 0.25) is 17.7 Å². The number of amides is 3. The van der Waals surface area contributed by atoms with Crippen LogP contribution in [0.3, 0.4) is 0 Å². The SMILES string of the molecule is N=CC(=O)CC[C@H](NC(=O)[C@H](Cc1ccc(F)cc1)NC(=O)C1CC1)C(=O)NCc1ccc(F)cc1. The zero-order valence-corrected chi connectivity index (χ0v) is 19.6. The van der Waals surface area contributed by atoms with Gasteiger partial charge in [0.1, 0.15) is 23.7 Å². The Labute approximate surface area is 207 Å². The van der Waals surface area contributed by atoms with Crippen LogP contribution in [-0.2, 0) is 32.1 Å². The molecule has 0 saturated heterocycles. The van der Waals surface area contributed by atoms with Crippen LogP contribution >= 0.6 is 0 Å². The van der Waals surface area contributed by atoms with Crippen LogP contribution in [0.25, 0.3) is 0 Å². The second-order valence-corrected chi connectivity index (χ2v) is 8.72. The first-order valence-corrected chi connectivity index (χ1v) is 11.7. The smallest absolute Gasteiger partial charge is 0.243 e. The molecule has 2 aromatic rings. The van der Waals surface area contributed by atoms with Gasteiger partial charge in [0.25, 0.3) is 0 Å². The Bertz CT molecular complexity index is 1100. The fraction of sp³-hybridized carbons (Fsp3) is 0.346. The third-order valence-corrected chi connectivity index (χ3v) is 5.79. The third-order valence-electron chi connectivity index (χ3n) is 5.79. The van der Waals surface area contributed by atoms with E-state index in [1.165, 1.54) is 48.5 Å². The topological polar surface area (TPSA) is 128 Å². The molecule has 0 radical (unpaired) electrons. The summed E-state index contributed by atoms with van der Waals surface area (Å²) in [6.45, 7) is 0.0709. The molecule has 1 fully saturated rings. The van der Waals surface area contributed by atoms with E-state index in [4.69, 9.17) is 5.41 Å². The van der Waals surface area contributed by atoms with E-state index in [9.17, 15) is 28.0 Å². The number of carbonyl (C=O) groups excluding carboxylic acids is 4. The number of hydrogen-bond acceptors (Lipinski definition) is 5. The van der Waals surface area contributed by atoms with Gasteiger partial charge in [-0.2, -0.15) is 0 Å². The summed E-state index contributed by atoms with van der Waals surface area (Å²) in [5, 5.41) is 15.1. The molecule has 1 aliphatic rings. The maximum atomic E-state index is 13.3. The Balaban J connectivity index is 1.70. The number of Topliss-reactive ketones (excluding diaryl/α,β-unsaturated/α-hetero) is 1. The lowest BCUT2D eigenvalue weighted by atomic mass is 10.0. The van der Waals surface area contributed by atoms with Gasteiger partial charge in [-0.05, 0) is 54.7 Å². The van der Waals surface area contributed by atoms with Gasteiger partial charge in [0.15, 0.2) is 5.78 Å². The number of hydrogen-bond donors (Lipinski definition) is 4. The van der Waals surface area contributed by atoms with Crippen LogP contribution in [0.5, 0.6) is 0 Å². The molecule has 3 rings (SSSR count). The maximum Gasteiger partial charge on any atom is 0.243 e. The van der Waals surface area contributed by atoms with E-state index in [1.807, 2.05) is 0 Å². The molecule has 0 unspecified atom stereocenters. The van der Waals surface area contributed by atoms with E-state index in [0.717, 1.165) is 12.8 Å². The third kappa shape index (κ3) is 8.37. The molecule has 2 aromatic carbocycles. The van der Waals surface area contributed by atoms with E-state index in [0.29, 0.717) is 17.3 Å². The van der Waals surface area contributed by atoms with Crippen molar-refractivity contribution in [2.45, 2.75) is 50.7 Å². The van der Waals surface area contributed by atoms with Crippen LogP contribution in [0.15, 0.2) is 48.5 Å². The molecule has 4 N–H and O–H groups in total. The Hall–Kier alpha value is -3.95. The standard InChI is InChI=1S/C26H28F2N4O4/c27-19-7-1-16(2-8-19)13-23(32-24(34)18-5-6-18)26(36)31-22(12-11-21(33)14-29)25(35)30-15-17-3-9-20(28)10-4-17/h1-4,7-10,14,18,22-23,29H,5-6,11-13,15H2,(H,30,35)(H,31,36)(H,32,34)/t22-,23-/m0/s1. The van der Waals surface area contributed by atoms with Crippen LogP contribution in [0.4, 0.5) is 8.78 Å². The molecule has 3 amide bonds. The van der Waals surface area contributed by atoms with E-state index in [-0.39, 0.29) is 37.6 Å². The second kappa shape index (κ2) is 12.7. The van der Waals surface area contributed by atoms with E-state index >= 15 is 0 Å². The van der Waals surface area contributed by atoms with Crippen molar-refractivity contribution < 1.29 is 28.0 Å². The number of carbonyl (C=O) groups is 4. The van der Waals surface area contributed by atoms with Gasteiger partial charge >= 0.3 is 0 Å². The Kier molecular flexibility index (Phi) is 9.38. The maximum absolute atomic E-state index is 13.3. The van der Waals surface area contributed by atoms with E-state index in [1.54, 1.807) is 0 Å². The van der Waals surface area contributed by atoms with Crippen molar-refractivity contribution in [1.29, 1.82) is 5.41 Å². The van der Waals surface area contributed by atoms with Crippen LogP contribution in [0.1, 0.15) is 36.8 Å². The number of rotatable bonds is 13. The van der Waals surface area contributed by atoms with E-state index < -0.39 is 41.3 Å². The first kappa shape index (κ1) is 26.7. The highest BCUT2D eigenvalue weighted by Crippen LogP contribution is 2.29. The highest BCUT2D eigenvalue weighted by molar-refractivity contribution is 6.26. The van der Waals surface area contributed by atoms with Gasteiger partial charge in [-0.15, -0.1) is 0 Å². The highest BCUT2D eigenvalue weighted by Gasteiger charge is 2.33. The number of benzene rings is 2. The monoisotopic (exact) mass is 498 g/mol. The molecule has 1 aliphatic carbocycles. The lowest BCUT2D eigenvalue weighted by molar-refractivity contribution is -0.132. The predicted octanol–water partition coefficient (Wildman–Crippen LogP) is 2.20. The first-order valence-electron chi connectivity index (χ1n) is 11.7. The highest BCUT2D eigenvalue weighted by atomic mass is 19.1. The summed E-state index contributed by atoms with van der Waals surface area (Å²) < 4.78 is 26.4. The average Bonchev–Trinajstić information content (AvgIpc) is 3.72. The van der Waals surface area contributed by atoms with Gasteiger partial charge in [-0.3, -0.25) is 19.2 Å². The van der Waals surface area contributed by atoms with Crippen molar-refractivity contribution in [3.05, 3.63) is 71.3 Å². The average molecular weight is 499 g/mol. The molecule has 0 bridgehead atoms. The second-order valence-electron chi connectivity index (χ2n) is 8.72. The summed E-state index contributed by atoms with van der Waals surface area (Å²) >= 11 is 0. The molecule has 2 atom stereocenters. The molecular formula is C26H28F2N4O4. The van der Waals surface area contributed by atoms with Crippen molar-refractivity contribution >= 4 is 29.7 Å². The molecule has 8 nitrogen and oxygen atoms in total. The molecule has 36 heavy (non-hydrogen) atoms. The summed E-state index contributed by atoms with van der Waals surface area (Å²) in [5.41, 5.74) is 1.25. The largest absolute Gasteiger partial charge is 0.350 e. The minimum absolute atomic E-state index is 0.0605. The summed E-state index contributed by atoms with van der Waals surface area (Å²) in [6, 6.07) is 8.91. The van der Waals surface area contributed by atoms with Crippen LogP contribution in [0.2, 0.25) is 0 Å². The fourth-order valence-corrected chi connectivity index (χ4v) is 3.52. The number of ketones is 1. The predicted molar refractivity (Wildman–Crippen MR) is 128 cm³/mol. The summed E-state index contributed by atoms with van der Waals surface area (Å²) in [7, 11) is 0. The molecule has 10 heteroatoms. The van der Waals surface area contributed by atoms with Crippen LogP contribution in [0, 0.1) is 23.0 Å². The minimum atomic E-state index is -1.12. The van der Waals surface area contributed by atoms with Crippen LogP contribution < -0.4 is 16.0 Å². The zero-order valence-electron chi connectivity index (χ0n) is 19.6. The summed E-state index contributed by atoms with van der Waals surface area (Å²) in [4.78, 5) is 50.1. The Morgan fingerprint density at radius 1 is 0.861 bits per heavy atom. The summed E-state index contributed by atoms with van der Waals surface area (Å²) in [6.07, 6.45) is 1.98. The molecule has 0 spiro atoms. The summed E-state index contributed by atoms with van der Waals surface area (Å²) in [5.74, 6) is -2.99. The van der Waals surface area contributed by atoms with Crippen LogP contribution in [-0.4, -0.2) is 41.8 Å². The molecule has 190 valence electrons. The molecular weight excluding hydrogens is 470 g/mol. The van der Waals surface area contributed by atoms with Crippen molar-refractivity contribution in [2.75, 3.05) is 0 Å². The van der Waals surface area contributed by atoms with Crippen molar-refractivity contribution in [1.82, 2.24) is 16.0 Å². The normalized spacial score (nSPS) is 14.3. The van der Waals surface area contributed by atoms with Gasteiger partial charge < -0.3 is 21.4 Å². The minimum Gasteiger partial charge on any atom is -0.350 e. The fourth-order valence-electron chi connectivity index (χ4n) is 3.52. The van der Waals surface area contributed by atoms with Gasteiger partial charge in [-0.25, -0.2) is 8.78 Å². The van der Waals surface area contributed by atoms with E-state index in [2.05, 4.69) is 16.0 Å². The quantitative estimate of drug-likeness (QED) is 0.316. The first-order chi connectivity index (χ1) is 17.2. The molecule has 0 aliphatic heterocycles. The lowest BCUT2D eigenvalue weighted by Crippen LogP contribution is -2.54. The Morgan fingerprint density at radius 2 is 1.44 bits per heavy atom. The van der Waals surface area contributed by atoms with Gasteiger partial charge in [-0.1, -0.05) is 24.3 Å². The van der Waals surface area contributed by atoms with Crippen molar-refractivity contribution in [3.8, 4) is 0 Å². The van der Waals surface area contributed by atoms with Crippen molar-refractivity contribution in [2.24, 2.45) is 5.92 Å². The zero-order chi connectivity index (χ0) is 26.1. The molecule has 1 saturated carbocycles. The number of nitrogens with one attached hydrogen (secondary N) is 4. The molecule has 0 heterocycles.